The van der Waals surface area contributed by atoms with Crippen molar-refractivity contribution in [1.82, 2.24) is 9.80 Å². The fraction of sp³-hybridized carbons (Fsp3) is 0.952. The van der Waals surface area contributed by atoms with Crippen LogP contribution in [0.4, 0.5) is 0 Å². The van der Waals surface area contributed by atoms with Crippen molar-refractivity contribution in [3.8, 4) is 0 Å². The molecule has 0 aromatic carbocycles. The minimum Gasteiger partial charge on any atom is -0.299 e. The first-order chi connectivity index (χ1) is 11.5. The Morgan fingerprint density at radius 2 is 1.67 bits per heavy atom. The Bertz CT molecular complexity index is 421. The average molecular weight is 335 g/mol. The molecule has 2 heterocycles. The molecule has 1 aliphatic carbocycles. The van der Waals surface area contributed by atoms with Gasteiger partial charge in [0.1, 0.15) is 5.78 Å². The first kappa shape index (κ1) is 18.4. The lowest BCUT2D eigenvalue weighted by molar-refractivity contribution is -0.132. The number of piperidine rings is 1. The summed E-state index contributed by atoms with van der Waals surface area (Å²) in [5.41, 5.74) is 0.706. The minimum absolute atomic E-state index is 0.283. The van der Waals surface area contributed by atoms with Gasteiger partial charge in [0, 0.05) is 38.1 Å². The summed E-state index contributed by atoms with van der Waals surface area (Å²) in [6, 6.07) is 0.785. The maximum Gasteiger partial charge on any atom is 0.149 e. The SMILES string of the molecule is CCC(CC)C(=O)CN1CCC(N2CC3(CC(C(C)C)C3)C2)CC1. The smallest absolute Gasteiger partial charge is 0.149 e. The molecule has 0 N–H and O–H groups in total. The van der Waals surface area contributed by atoms with E-state index in [1.54, 1.807) is 0 Å². The third-order valence-corrected chi connectivity index (χ3v) is 7.30. The van der Waals surface area contributed by atoms with Crippen LogP contribution in [0.3, 0.4) is 0 Å². The molecule has 0 radical (unpaired) electrons. The van der Waals surface area contributed by atoms with E-state index < -0.39 is 0 Å². The summed E-state index contributed by atoms with van der Waals surface area (Å²) in [5, 5.41) is 0. The van der Waals surface area contributed by atoms with E-state index in [0.717, 1.165) is 43.8 Å². The summed E-state index contributed by atoms with van der Waals surface area (Å²) < 4.78 is 0. The van der Waals surface area contributed by atoms with Gasteiger partial charge in [0.25, 0.3) is 0 Å². The normalized spacial score (nSPS) is 26.1. The number of ketones is 1. The molecular weight excluding hydrogens is 296 g/mol. The quantitative estimate of drug-likeness (QED) is 0.707. The molecule has 3 nitrogen and oxygen atoms in total. The lowest BCUT2D eigenvalue weighted by atomic mass is 9.55. The summed E-state index contributed by atoms with van der Waals surface area (Å²) in [6.07, 6.45) is 7.48. The highest BCUT2D eigenvalue weighted by Crippen LogP contribution is 2.55. The number of nitrogens with zero attached hydrogens (tertiary/aromatic N) is 2. The summed E-state index contributed by atoms with van der Waals surface area (Å²) >= 11 is 0. The second-order valence-corrected chi connectivity index (χ2v) is 9.30. The van der Waals surface area contributed by atoms with Crippen LogP contribution in [0.2, 0.25) is 0 Å². The molecule has 3 rings (SSSR count). The van der Waals surface area contributed by atoms with E-state index in [2.05, 4.69) is 37.5 Å². The molecule has 24 heavy (non-hydrogen) atoms. The zero-order valence-electron chi connectivity index (χ0n) is 16.4. The van der Waals surface area contributed by atoms with Gasteiger partial charge in [-0.25, -0.2) is 0 Å². The average Bonchev–Trinajstić information content (AvgIpc) is 2.47. The van der Waals surface area contributed by atoms with Gasteiger partial charge in [-0.1, -0.05) is 27.7 Å². The molecule has 1 spiro atoms. The fourth-order valence-corrected chi connectivity index (χ4v) is 5.39. The molecule has 3 heteroatoms. The molecule has 0 unspecified atom stereocenters. The fourth-order valence-electron chi connectivity index (χ4n) is 5.39. The van der Waals surface area contributed by atoms with E-state index in [1.165, 1.54) is 38.8 Å². The number of Topliss-reactive ketones (excluding diaryl/α,β-unsaturated/α-hetero) is 1. The lowest BCUT2D eigenvalue weighted by Gasteiger charge is -2.62. The third-order valence-electron chi connectivity index (χ3n) is 7.30. The van der Waals surface area contributed by atoms with Crippen LogP contribution in [-0.2, 0) is 4.79 Å². The molecule has 3 fully saturated rings. The summed E-state index contributed by atoms with van der Waals surface area (Å²) in [7, 11) is 0. The summed E-state index contributed by atoms with van der Waals surface area (Å²) in [6.45, 7) is 14.7. The largest absolute Gasteiger partial charge is 0.299 e. The predicted molar refractivity (Wildman–Crippen MR) is 100 cm³/mol. The van der Waals surface area contributed by atoms with Gasteiger partial charge in [-0.2, -0.15) is 0 Å². The molecule has 1 saturated carbocycles. The summed E-state index contributed by atoms with van der Waals surface area (Å²) in [5.74, 6) is 2.62. The van der Waals surface area contributed by atoms with Gasteiger partial charge < -0.3 is 0 Å². The second kappa shape index (κ2) is 7.45. The Hall–Kier alpha value is -0.410. The molecular formula is C21H38N2O. The number of likely N-dealkylation sites (tertiary alicyclic amines) is 2. The van der Waals surface area contributed by atoms with E-state index >= 15 is 0 Å². The maximum atomic E-state index is 12.3. The highest BCUT2D eigenvalue weighted by atomic mass is 16.1. The van der Waals surface area contributed by atoms with Crippen LogP contribution < -0.4 is 0 Å². The van der Waals surface area contributed by atoms with Gasteiger partial charge in [-0.05, 0) is 55.8 Å². The van der Waals surface area contributed by atoms with Crippen LogP contribution in [0.5, 0.6) is 0 Å². The van der Waals surface area contributed by atoms with E-state index in [9.17, 15) is 4.79 Å². The Morgan fingerprint density at radius 1 is 1.08 bits per heavy atom. The van der Waals surface area contributed by atoms with Crippen molar-refractivity contribution in [3.05, 3.63) is 0 Å². The molecule has 0 aromatic rings. The third kappa shape index (κ3) is 3.72. The van der Waals surface area contributed by atoms with Gasteiger partial charge in [0.2, 0.25) is 0 Å². The molecule has 2 saturated heterocycles. The summed E-state index contributed by atoms with van der Waals surface area (Å²) in [4.78, 5) is 17.5. The Balaban J connectivity index is 1.36. The van der Waals surface area contributed by atoms with Crippen LogP contribution in [0, 0.1) is 23.2 Å². The number of carbonyl (C=O) groups excluding carboxylic acids is 1. The monoisotopic (exact) mass is 334 g/mol. The van der Waals surface area contributed by atoms with E-state index in [1.807, 2.05) is 0 Å². The van der Waals surface area contributed by atoms with Gasteiger partial charge in [0.05, 0.1) is 6.54 Å². The number of rotatable bonds is 7. The van der Waals surface area contributed by atoms with Gasteiger partial charge >= 0.3 is 0 Å². The van der Waals surface area contributed by atoms with Crippen molar-refractivity contribution in [2.45, 2.75) is 72.3 Å². The highest BCUT2D eigenvalue weighted by Gasteiger charge is 2.53. The van der Waals surface area contributed by atoms with E-state index in [4.69, 9.17) is 0 Å². The van der Waals surface area contributed by atoms with Crippen LogP contribution in [0.15, 0.2) is 0 Å². The standard InChI is InChI=1S/C21H38N2O/c1-5-17(6-2)20(24)13-22-9-7-19(8-10-22)23-14-21(15-23)11-18(12-21)16(3)4/h16-19H,5-15H2,1-4H3. The molecule has 2 aliphatic heterocycles. The van der Waals surface area contributed by atoms with E-state index in [0.29, 0.717) is 17.7 Å². The Labute approximate surface area is 149 Å². The molecule has 0 bridgehead atoms. The van der Waals surface area contributed by atoms with Crippen molar-refractivity contribution < 1.29 is 4.79 Å². The van der Waals surface area contributed by atoms with Crippen molar-refractivity contribution in [1.29, 1.82) is 0 Å². The van der Waals surface area contributed by atoms with Crippen LogP contribution >= 0.6 is 0 Å². The molecule has 138 valence electrons. The van der Waals surface area contributed by atoms with Gasteiger partial charge in [-0.3, -0.25) is 14.6 Å². The minimum atomic E-state index is 0.283. The van der Waals surface area contributed by atoms with Gasteiger partial charge in [0.15, 0.2) is 0 Å². The molecule has 0 aromatic heterocycles. The van der Waals surface area contributed by atoms with E-state index in [-0.39, 0.29) is 5.92 Å². The van der Waals surface area contributed by atoms with Gasteiger partial charge in [-0.15, -0.1) is 0 Å². The molecule has 0 amide bonds. The zero-order chi connectivity index (χ0) is 17.3. The molecule has 3 aliphatic rings. The van der Waals surface area contributed by atoms with Crippen molar-refractivity contribution in [2.75, 3.05) is 32.7 Å². The predicted octanol–water partition coefficient (Wildman–Crippen LogP) is 3.82. The van der Waals surface area contributed by atoms with Crippen molar-refractivity contribution in [3.63, 3.8) is 0 Å². The Morgan fingerprint density at radius 3 is 2.17 bits per heavy atom. The number of hydrogen-bond acceptors (Lipinski definition) is 3. The lowest BCUT2D eigenvalue weighted by Crippen LogP contribution is -2.66. The first-order valence-electron chi connectivity index (χ1n) is 10.5. The van der Waals surface area contributed by atoms with Crippen LogP contribution in [-0.4, -0.2) is 54.3 Å². The topological polar surface area (TPSA) is 23.6 Å². The van der Waals surface area contributed by atoms with Crippen LogP contribution in [0.25, 0.3) is 0 Å². The van der Waals surface area contributed by atoms with Crippen LogP contribution in [0.1, 0.15) is 66.2 Å². The van der Waals surface area contributed by atoms with Crippen molar-refractivity contribution in [2.24, 2.45) is 23.2 Å². The maximum absolute atomic E-state index is 12.3. The van der Waals surface area contributed by atoms with Crippen molar-refractivity contribution >= 4 is 5.78 Å². The Kier molecular flexibility index (Phi) is 5.71. The number of hydrogen-bond donors (Lipinski definition) is 0. The second-order valence-electron chi connectivity index (χ2n) is 9.30. The highest BCUT2D eigenvalue weighted by molar-refractivity contribution is 5.82. The zero-order valence-corrected chi connectivity index (χ0v) is 16.4. The number of carbonyl (C=O) groups is 1. The molecule has 0 atom stereocenters. The first-order valence-corrected chi connectivity index (χ1v) is 10.5.